The number of nitrogens with zero attached hydrogens (tertiary/aromatic N) is 1. The van der Waals surface area contributed by atoms with E-state index in [1.165, 1.54) is 5.56 Å². The van der Waals surface area contributed by atoms with Gasteiger partial charge in [-0.2, -0.15) is 5.26 Å². The number of benzene rings is 1. The number of hydrogen-bond donors (Lipinski definition) is 1. The fourth-order valence-electron chi connectivity index (χ4n) is 1.53. The lowest BCUT2D eigenvalue weighted by Gasteiger charge is -2.09. The summed E-state index contributed by atoms with van der Waals surface area (Å²) in [6.45, 7) is 4.59. The quantitative estimate of drug-likeness (QED) is 0.746. The van der Waals surface area contributed by atoms with Crippen LogP contribution in [0.4, 0.5) is 0 Å². The van der Waals surface area contributed by atoms with E-state index in [2.05, 4.69) is 46.4 Å². The van der Waals surface area contributed by atoms with Gasteiger partial charge in [-0.25, -0.2) is 0 Å². The van der Waals surface area contributed by atoms with E-state index in [1.807, 2.05) is 6.07 Å². The van der Waals surface area contributed by atoms with Crippen molar-refractivity contribution in [3.8, 4) is 11.8 Å². The van der Waals surface area contributed by atoms with Crippen LogP contribution in [0.1, 0.15) is 31.7 Å². The van der Waals surface area contributed by atoms with Crippen LogP contribution in [0.2, 0.25) is 0 Å². The van der Waals surface area contributed by atoms with Crippen LogP contribution < -0.4 is 10.1 Å². The molecule has 4 heteroatoms. The lowest BCUT2D eigenvalue weighted by molar-refractivity contribution is 0.305. The number of nitrogens with one attached hydrogen (secondary N) is 1. The molecule has 3 nitrogen and oxygen atoms in total. The van der Waals surface area contributed by atoms with Gasteiger partial charge in [-0.3, -0.25) is 0 Å². The Labute approximate surface area is 117 Å². The Bertz CT molecular complexity index is 401. The zero-order valence-electron chi connectivity index (χ0n) is 10.7. The lowest BCUT2D eigenvalue weighted by Crippen LogP contribution is -2.11. The SMILES string of the molecule is CCNCc1ccc(OCCCCC#N)c(Br)c1. The van der Waals surface area contributed by atoms with Crippen LogP contribution in [0.15, 0.2) is 22.7 Å². The van der Waals surface area contributed by atoms with Gasteiger partial charge < -0.3 is 10.1 Å². The van der Waals surface area contributed by atoms with Gasteiger partial charge in [0.2, 0.25) is 0 Å². The molecule has 1 N–H and O–H groups in total. The number of ether oxygens (including phenoxy) is 1. The van der Waals surface area contributed by atoms with Crippen molar-refractivity contribution in [2.45, 2.75) is 32.7 Å². The molecule has 0 bridgehead atoms. The van der Waals surface area contributed by atoms with Crippen molar-refractivity contribution in [2.24, 2.45) is 0 Å². The third-order valence-corrected chi connectivity index (χ3v) is 3.14. The molecule has 0 aliphatic carbocycles. The van der Waals surface area contributed by atoms with Gasteiger partial charge in [0.05, 0.1) is 17.1 Å². The maximum Gasteiger partial charge on any atom is 0.133 e. The molecule has 1 aromatic rings. The van der Waals surface area contributed by atoms with Gasteiger partial charge in [-0.1, -0.05) is 13.0 Å². The average molecular weight is 311 g/mol. The number of hydrogen-bond acceptors (Lipinski definition) is 3. The first-order valence-electron chi connectivity index (χ1n) is 6.26. The Morgan fingerprint density at radius 2 is 2.22 bits per heavy atom. The summed E-state index contributed by atoms with van der Waals surface area (Å²) < 4.78 is 6.65. The number of nitriles is 1. The zero-order valence-corrected chi connectivity index (χ0v) is 12.3. The van der Waals surface area contributed by atoms with Gasteiger partial charge in [-0.05, 0) is 53.0 Å². The predicted molar refractivity (Wildman–Crippen MR) is 76.5 cm³/mol. The summed E-state index contributed by atoms with van der Waals surface area (Å²) >= 11 is 3.52. The molecule has 0 spiro atoms. The van der Waals surface area contributed by atoms with Crippen molar-refractivity contribution in [1.29, 1.82) is 5.26 Å². The molecule has 18 heavy (non-hydrogen) atoms. The van der Waals surface area contributed by atoms with E-state index >= 15 is 0 Å². The van der Waals surface area contributed by atoms with Crippen molar-refractivity contribution < 1.29 is 4.74 Å². The molecule has 0 amide bonds. The molecule has 0 saturated carbocycles. The third-order valence-electron chi connectivity index (χ3n) is 2.52. The largest absolute Gasteiger partial charge is 0.492 e. The van der Waals surface area contributed by atoms with Gasteiger partial charge in [0.1, 0.15) is 5.75 Å². The van der Waals surface area contributed by atoms with Crippen LogP contribution in [0.3, 0.4) is 0 Å². The van der Waals surface area contributed by atoms with Gasteiger partial charge in [0.15, 0.2) is 0 Å². The van der Waals surface area contributed by atoms with Crippen molar-refractivity contribution >= 4 is 15.9 Å². The van der Waals surface area contributed by atoms with Gasteiger partial charge in [0, 0.05) is 13.0 Å². The summed E-state index contributed by atoms with van der Waals surface area (Å²) in [5, 5.41) is 11.7. The van der Waals surface area contributed by atoms with Gasteiger partial charge in [0.25, 0.3) is 0 Å². The van der Waals surface area contributed by atoms with Gasteiger partial charge in [-0.15, -0.1) is 0 Å². The highest BCUT2D eigenvalue weighted by Crippen LogP contribution is 2.26. The average Bonchev–Trinajstić information content (AvgIpc) is 2.38. The number of unbranched alkanes of at least 4 members (excludes halogenated alkanes) is 2. The van der Waals surface area contributed by atoms with Gasteiger partial charge >= 0.3 is 0 Å². The van der Waals surface area contributed by atoms with Crippen LogP contribution in [0.25, 0.3) is 0 Å². The first kappa shape index (κ1) is 15.0. The lowest BCUT2D eigenvalue weighted by atomic mass is 10.2. The van der Waals surface area contributed by atoms with Crippen LogP contribution in [-0.4, -0.2) is 13.2 Å². The second-order valence-corrected chi connectivity index (χ2v) is 4.86. The fourth-order valence-corrected chi connectivity index (χ4v) is 2.07. The maximum absolute atomic E-state index is 8.42. The van der Waals surface area contributed by atoms with E-state index in [0.29, 0.717) is 13.0 Å². The predicted octanol–water partition coefficient (Wildman–Crippen LogP) is 3.63. The van der Waals surface area contributed by atoms with Crippen LogP contribution in [-0.2, 0) is 6.54 Å². The minimum absolute atomic E-state index is 0.603. The van der Waals surface area contributed by atoms with E-state index in [9.17, 15) is 0 Å². The molecule has 0 fully saturated rings. The molecule has 0 radical (unpaired) electrons. The third kappa shape index (κ3) is 5.52. The summed E-state index contributed by atoms with van der Waals surface area (Å²) in [5.41, 5.74) is 1.24. The molecule has 0 aliphatic heterocycles. The van der Waals surface area contributed by atoms with E-state index in [-0.39, 0.29) is 0 Å². The Morgan fingerprint density at radius 3 is 2.89 bits per heavy atom. The van der Waals surface area contributed by atoms with Crippen LogP contribution >= 0.6 is 15.9 Å². The Balaban J connectivity index is 2.40. The standard InChI is InChI=1S/C14H19BrN2O/c1-2-17-11-12-6-7-14(13(15)10-12)18-9-5-3-4-8-16/h6-7,10,17H,2-5,9,11H2,1H3. The van der Waals surface area contributed by atoms with Crippen molar-refractivity contribution in [3.63, 3.8) is 0 Å². The maximum atomic E-state index is 8.42. The van der Waals surface area contributed by atoms with Crippen molar-refractivity contribution in [1.82, 2.24) is 5.32 Å². The molecule has 0 saturated heterocycles. The second-order valence-electron chi connectivity index (χ2n) is 4.01. The molecule has 0 aromatic heterocycles. The molecule has 0 unspecified atom stereocenters. The number of halogens is 1. The minimum atomic E-state index is 0.603. The van der Waals surface area contributed by atoms with E-state index < -0.39 is 0 Å². The first-order valence-corrected chi connectivity index (χ1v) is 7.06. The van der Waals surface area contributed by atoms with Crippen LogP contribution in [0.5, 0.6) is 5.75 Å². The molecule has 0 heterocycles. The van der Waals surface area contributed by atoms with Crippen LogP contribution in [0, 0.1) is 11.3 Å². The highest BCUT2D eigenvalue weighted by atomic mass is 79.9. The zero-order chi connectivity index (χ0) is 13.2. The summed E-state index contributed by atoms with van der Waals surface area (Å²) in [6, 6.07) is 8.26. The minimum Gasteiger partial charge on any atom is -0.492 e. The summed E-state index contributed by atoms with van der Waals surface area (Å²) in [5.74, 6) is 0.868. The molecular formula is C14H19BrN2O. The smallest absolute Gasteiger partial charge is 0.133 e. The molecule has 1 aromatic carbocycles. The fraction of sp³-hybridized carbons (Fsp3) is 0.500. The normalized spacial score (nSPS) is 10.1. The Hall–Kier alpha value is -1.05. The molecule has 0 atom stereocenters. The number of rotatable bonds is 8. The summed E-state index contributed by atoms with van der Waals surface area (Å²) in [6.07, 6.45) is 2.41. The van der Waals surface area contributed by atoms with E-state index in [0.717, 1.165) is 36.2 Å². The topological polar surface area (TPSA) is 45.0 Å². The van der Waals surface area contributed by atoms with Crippen molar-refractivity contribution in [2.75, 3.05) is 13.2 Å². The Kier molecular flexibility index (Phi) is 7.47. The van der Waals surface area contributed by atoms with E-state index in [1.54, 1.807) is 0 Å². The first-order chi connectivity index (χ1) is 8.77. The second kappa shape index (κ2) is 8.96. The molecule has 98 valence electrons. The summed E-state index contributed by atoms with van der Waals surface area (Å²) in [7, 11) is 0. The molecule has 1 rings (SSSR count). The summed E-state index contributed by atoms with van der Waals surface area (Å²) in [4.78, 5) is 0. The van der Waals surface area contributed by atoms with Crippen molar-refractivity contribution in [3.05, 3.63) is 28.2 Å². The highest BCUT2D eigenvalue weighted by Gasteiger charge is 2.02. The Morgan fingerprint density at radius 1 is 1.39 bits per heavy atom. The molecule has 0 aliphatic rings. The molecular weight excluding hydrogens is 292 g/mol. The van der Waals surface area contributed by atoms with E-state index in [4.69, 9.17) is 10.00 Å². The monoisotopic (exact) mass is 310 g/mol. The highest BCUT2D eigenvalue weighted by molar-refractivity contribution is 9.10.